The van der Waals surface area contributed by atoms with E-state index < -0.39 is 0 Å². The molecule has 2 aromatic rings. The lowest BCUT2D eigenvalue weighted by atomic mass is 10.2. The first-order valence-electron chi connectivity index (χ1n) is 5.65. The zero-order valence-corrected chi connectivity index (χ0v) is 10.8. The number of benzene rings is 1. The second kappa shape index (κ2) is 4.67. The van der Waals surface area contributed by atoms with E-state index in [1.54, 1.807) is 0 Å². The first-order valence-corrected chi connectivity index (χ1v) is 5.65. The molecule has 4 heteroatoms. The van der Waals surface area contributed by atoms with Gasteiger partial charge in [0.25, 0.3) is 0 Å². The van der Waals surface area contributed by atoms with Gasteiger partial charge in [0.2, 0.25) is 0 Å². The van der Waals surface area contributed by atoms with Crippen LogP contribution < -0.4 is 4.90 Å². The third kappa shape index (κ3) is 2.53. The fraction of sp³-hybridized carbons (Fsp3) is 0.385. The molecule has 1 aromatic heterocycles. The van der Waals surface area contributed by atoms with Gasteiger partial charge < -0.3 is 9.80 Å². The average molecular weight is 230 g/mol. The molecule has 0 aliphatic rings. The van der Waals surface area contributed by atoms with E-state index in [9.17, 15) is 0 Å². The van der Waals surface area contributed by atoms with Crippen LogP contribution in [0.2, 0.25) is 0 Å². The van der Waals surface area contributed by atoms with Crippen LogP contribution in [0.15, 0.2) is 24.3 Å². The van der Waals surface area contributed by atoms with Gasteiger partial charge in [-0.05, 0) is 26.2 Å². The Bertz CT molecular complexity index is 520. The first-order chi connectivity index (χ1) is 8.08. The number of hydrogen-bond acceptors (Lipinski definition) is 4. The number of anilines is 1. The van der Waals surface area contributed by atoms with Crippen molar-refractivity contribution in [1.29, 1.82) is 0 Å². The van der Waals surface area contributed by atoms with Gasteiger partial charge in [0.15, 0.2) is 0 Å². The SMILES string of the molecule is CN(C)Cc1nc(N(C)C)c2ccccc2n1. The van der Waals surface area contributed by atoms with Crippen molar-refractivity contribution in [2.75, 3.05) is 33.1 Å². The summed E-state index contributed by atoms with van der Waals surface area (Å²) in [6, 6.07) is 8.12. The predicted molar refractivity (Wildman–Crippen MR) is 71.3 cm³/mol. The van der Waals surface area contributed by atoms with E-state index in [1.165, 1.54) is 0 Å². The fourth-order valence-electron chi connectivity index (χ4n) is 1.80. The highest BCUT2D eigenvalue weighted by Gasteiger charge is 2.09. The molecule has 2 rings (SSSR count). The summed E-state index contributed by atoms with van der Waals surface area (Å²) in [5.41, 5.74) is 1.00. The lowest BCUT2D eigenvalue weighted by Crippen LogP contribution is -2.17. The summed E-state index contributed by atoms with van der Waals surface area (Å²) >= 11 is 0. The van der Waals surface area contributed by atoms with E-state index in [0.717, 1.165) is 29.1 Å². The largest absolute Gasteiger partial charge is 0.362 e. The molecule has 90 valence electrons. The molecular formula is C13H18N4. The maximum Gasteiger partial charge on any atom is 0.145 e. The highest BCUT2D eigenvalue weighted by molar-refractivity contribution is 5.89. The van der Waals surface area contributed by atoms with Gasteiger partial charge >= 0.3 is 0 Å². The summed E-state index contributed by atoms with van der Waals surface area (Å²) in [6.45, 7) is 0.756. The topological polar surface area (TPSA) is 32.3 Å². The molecule has 0 N–H and O–H groups in total. The highest BCUT2D eigenvalue weighted by Crippen LogP contribution is 2.22. The molecule has 4 nitrogen and oxygen atoms in total. The lowest BCUT2D eigenvalue weighted by molar-refractivity contribution is 0.391. The lowest BCUT2D eigenvalue weighted by Gasteiger charge is -2.16. The molecule has 0 unspecified atom stereocenters. The van der Waals surface area contributed by atoms with Gasteiger partial charge in [-0.2, -0.15) is 0 Å². The second-order valence-electron chi connectivity index (χ2n) is 4.61. The molecule has 17 heavy (non-hydrogen) atoms. The van der Waals surface area contributed by atoms with Crippen molar-refractivity contribution in [2.45, 2.75) is 6.54 Å². The zero-order chi connectivity index (χ0) is 12.4. The molecular weight excluding hydrogens is 212 g/mol. The quantitative estimate of drug-likeness (QED) is 0.804. The monoisotopic (exact) mass is 230 g/mol. The molecule has 0 aliphatic carbocycles. The number of fused-ring (bicyclic) bond motifs is 1. The van der Waals surface area contributed by atoms with Crippen LogP contribution in [0.1, 0.15) is 5.82 Å². The van der Waals surface area contributed by atoms with Crippen LogP contribution in [-0.4, -0.2) is 43.1 Å². The van der Waals surface area contributed by atoms with Gasteiger partial charge in [0.1, 0.15) is 11.6 Å². The number of aromatic nitrogens is 2. The summed E-state index contributed by atoms with van der Waals surface area (Å²) in [4.78, 5) is 13.3. The summed E-state index contributed by atoms with van der Waals surface area (Å²) in [7, 11) is 8.06. The van der Waals surface area contributed by atoms with Crippen LogP contribution in [0, 0.1) is 0 Å². The Morgan fingerprint density at radius 3 is 2.35 bits per heavy atom. The minimum atomic E-state index is 0.756. The molecule has 0 fully saturated rings. The third-order valence-electron chi connectivity index (χ3n) is 2.51. The van der Waals surface area contributed by atoms with Gasteiger partial charge in [-0.25, -0.2) is 9.97 Å². The minimum Gasteiger partial charge on any atom is -0.362 e. The Hall–Kier alpha value is -1.68. The summed E-state index contributed by atoms with van der Waals surface area (Å²) in [6.07, 6.45) is 0. The standard InChI is InChI=1S/C13H18N4/c1-16(2)9-12-14-11-8-6-5-7-10(11)13(15-12)17(3)4/h5-8H,9H2,1-4H3. The molecule has 0 atom stereocenters. The molecule has 0 saturated heterocycles. The van der Waals surface area contributed by atoms with E-state index >= 15 is 0 Å². The number of para-hydroxylation sites is 1. The first kappa shape index (κ1) is 11.8. The molecule has 0 bridgehead atoms. The van der Waals surface area contributed by atoms with E-state index in [2.05, 4.69) is 20.9 Å². The van der Waals surface area contributed by atoms with Gasteiger partial charge in [-0.3, -0.25) is 0 Å². The van der Waals surface area contributed by atoms with Crippen LogP contribution in [-0.2, 0) is 6.54 Å². The maximum absolute atomic E-state index is 4.61. The summed E-state index contributed by atoms with van der Waals surface area (Å²) in [5.74, 6) is 1.84. The molecule has 0 saturated carbocycles. The molecule has 1 heterocycles. The van der Waals surface area contributed by atoms with E-state index in [4.69, 9.17) is 0 Å². The van der Waals surface area contributed by atoms with Crippen molar-refractivity contribution in [2.24, 2.45) is 0 Å². The number of hydrogen-bond donors (Lipinski definition) is 0. The Kier molecular flexibility index (Phi) is 3.24. The van der Waals surface area contributed by atoms with Crippen molar-refractivity contribution >= 4 is 16.7 Å². The van der Waals surface area contributed by atoms with Crippen LogP contribution in [0.3, 0.4) is 0 Å². The Balaban J connectivity index is 2.58. The normalized spacial score (nSPS) is 11.1. The van der Waals surface area contributed by atoms with Crippen molar-refractivity contribution in [3.05, 3.63) is 30.1 Å². The molecule has 0 aliphatic heterocycles. The molecule has 0 amide bonds. The van der Waals surface area contributed by atoms with Gasteiger partial charge in [-0.15, -0.1) is 0 Å². The van der Waals surface area contributed by atoms with Gasteiger partial charge in [-0.1, -0.05) is 12.1 Å². The molecule has 0 radical (unpaired) electrons. The van der Waals surface area contributed by atoms with E-state index in [1.807, 2.05) is 51.3 Å². The molecule has 1 aromatic carbocycles. The van der Waals surface area contributed by atoms with Crippen molar-refractivity contribution < 1.29 is 0 Å². The highest BCUT2D eigenvalue weighted by atomic mass is 15.2. The van der Waals surface area contributed by atoms with E-state index in [0.29, 0.717) is 0 Å². The van der Waals surface area contributed by atoms with Crippen molar-refractivity contribution in [1.82, 2.24) is 14.9 Å². The average Bonchev–Trinajstić information content (AvgIpc) is 2.27. The predicted octanol–water partition coefficient (Wildman–Crippen LogP) is 1.76. The summed E-state index contributed by atoms with van der Waals surface area (Å²) < 4.78 is 0. The Morgan fingerprint density at radius 2 is 1.71 bits per heavy atom. The Morgan fingerprint density at radius 1 is 1.00 bits per heavy atom. The van der Waals surface area contributed by atoms with Crippen LogP contribution in [0.5, 0.6) is 0 Å². The van der Waals surface area contributed by atoms with E-state index in [-0.39, 0.29) is 0 Å². The van der Waals surface area contributed by atoms with Gasteiger partial charge in [0, 0.05) is 19.5 Å². The maximum atomic E-state index is 4.61. The van der Waals surface area contributed by atoms with Gasteiger partial charge in [0.05, 0.1) is 12.1 Å². The Labute approximate surface area is 102 Å². The molecule has 0 spiro atoms. The third-order valence-corrected chi connectivity index (χ3v) is 2.51. The fourth-order valence-corrected chi connectivity index (χ4v) is 1.80. The second-order valence-corrected chi connectivity index (χ2v) is 4.61. The smallest absolute Gasteiger partial charge is 0.145 e. The van der Waals surface area contributed by atoms with Crippen LogP contribution >= 0.6 is 0 Å². The van der Waals surface area contributed by atoms with Crippen LogP contribution in [0.4, 0.5) is 5.82 Å². The zero-order valence-electron chi connectivity index (χ0n) is 10.8. The summed E-state index contributed by atoms with van der Waals surface area (Å²) in [5, 5.41) is 1.10. The number of nitrogens with zero attached hydrogens (tertiary/aromatic N) is 4. The minimum absolute atomic E-state index is 0.756. The van der Waals surface area contributed by atoms with Crippen molar-refractivity contribution in [3.63, 3.8) is 0 Å². The van der Waals surface area contributed by atoms with Crippen molar-refractivity contribution in [3.8, 4) is 0 Å². The van der Waals surface area contributed by atoms with Crippen LogP contribution in [0.25, 0.3) is 10.9 Å². The number of rotatable bonds is 3.